The number of carbonyl (C=O) groups excluding carboxylic acids is 2. The molecule has 1 atom stereocenters. The third-order valence-electron chi connectivity index (χ3n) is 2.99. The van der Waals surface area contributed by atoms with E-state index in [2.05, 4.69) is 26.6 Å². The fraction of sp³-hybridized carbons (Fsp3) is 0.357. The first-order valence-corrected chi connectivity index (χ1v) is 7.92. The number of guanidine groups is 1. The predicted molar refractivity (Wildman–Crippen MR) is 90.9 cm³/mol. The van der Waals surface area contributed by atoms with Gasteiger partial charge in [0, 0.05) is 11.0 Å². The van der Waals surface area contributed by atoms with Crippen molar-refractivity contribution >= 4 is 34.1 Å². The van der Waals surface area contributed by atoms with E-state index in [0.29, 0.717) is 19.1 Å². The lowest BCUT2D eigenvalue weighted by molar-refractivity contribution is -0.525. The first-order valence-electron chi connectivity index (χ1n) is 7.13. The van der Waals surface area contributed by atoms with Crippen molar-refractivity contribution < 1.29 is 14.6 Å². The van der Waals surface area contributed by atoms with Gasteiger partial charge in [0.1, 0.15) is 6.29 Å². The van der Waals surface area contributed by atoms with E-state index in [1.165, 1.54) is 0 Å². The lowest BCUT2D eigenvalue weighted by atomic mass is 10.1. The van der Waals surface area contributed by atoms with Crippen LogP contribution in [0.1, 0.15) is 18.4 Å². The summed E-state index contributed by atoms with van der Waals surface area (Å²) in [6, 6.07) is 6.67. The van der Waals surface area contributed by atoms with Crippen LogP contribution in [-0.4, -0.2) is 35.8 Å². The molecular formula is C14H18BrN5O4. The highest BCUT2D eigenvalue weighted by Crippen LogP contribution is 2.10. The van der Waals surface area contributed by atoms with Gasteiger partial charge in [-0.15, -0.1) is 0 Å². The first-order chi connectivity index (χ1) is 11.4. The number of nitrogens with one attached hydrogen (secondary N) is 4. The third-order valence-corrected chi connectivity index (χ3v) is 3.51. The zero-order valence-corrected chi connectivity index (χ0v) is 14.3. The van der Waals surface area contributed by atoms with Gasteiger partial charge < -0.3 is 15.4 Å². The largest absolute Gasteiger partial charge is 0.352 e. The fourth-order valence-electron chi connectivity index (χ4n) is 1.89. The summed E-state index contributed by atoms with van der Waals surface area (Å²) < 4.78 is 0.919. The molecule has 0 saturated carbocycles. The lowest BCUT2D eigenvalue weighted by Crippen LogP contribution is -2.41. The van der Waals surface area contributed by atoms with Crippen molar-refractivity contribution in [1.29, 1.82) is 5.41 Å². The van der Waals surface area contributed by atoms with Gasteiger partial charge in [0.05, 0.1) is 12.5 Å². The molecule has 1 aromatic rings. The number of hydrogen-bond acceptors (Lipinski definition) is 5. The van der Waals surface area contributed by atoms with Crippen LogP contribution < -0.4 is 16.1 Å². The van der Waals surface area contributed by atoms with Crippen LogP contribution in [0.3, 0.4) is 0 Å². The smallest absolute Gasteiger partial charge is 0.251 e. The second-order valence-corrected chi connectivity index (χ2v) is 5.84. The molecule has 0 aliphatic rings. The predicted octanol–water partition coefficient (Wildman–Crippen LogP) is 0.761. The summed E-state index contributed by atoms with van der Waals surface area (Å²) >= 11 is 3.31. The molecule has 0 aliphatic heterocycles. The molecule has 24 heavy (non-hydrogen) atoms. The molecule has 0 saturated heterocycles. The van der Waals surface area contributed by atoms with Crippen LogP contribution in [0.25, 0.3) is 0 Å². The van der Waals surface area contributed by atoms with Crippen LogP contribution in [0.2, 0.25) is 0 Å². The van der Waals surface area contributed by atoms with E-state index in [9.17, 15) is 19.7 Å². The van der Waals surface area contributed by atoms with Crippen LogP contribution in [0.15, 0.2) is 28.7 Å². The fourth-order valence-corrected chi connectivity index (χ4v) is 2.15. The van der Waals surface area contributed by atoms with Gasteiger partial charge >= 0.3 is 0 Å². The highest BCUT2D eigenvalue weighted by molar-refractivity contribution is 9.10. The summed E-state index contributed by atoms with van der Waals surface area (Å²) in [6.45, 7) is 0.270. The Morgan fingerprint density at radius 1 is 1.38 bits per heavy atom. The molecule has 9 nitrogen and oxygen atoms in total. The number of rotatable bonds is 9. The van der Waals surface area contributed by atoms with E-state index in [1.807, 2.05) is 24.3 Å². The minimum atomic E-state index is -0.841. The van der Waals surface area contributed by atoms with Crippen molar-refractivity contribution in [2.75, 3.05) is 6.54 Å². The van der Waals surface area contributed by atoms with Crippen LogP contribution in [-0.2, 0) is 16.0 Å². The van der Waals surface area contributed by atoms with Crippen LogP contribution in [0.5, 0.6) is 0 Å². The van der Waals surface area contributed by atoms with Gasteiger partial charge in [-0.2, -0.15) is 0 Å². The Kier molecular flexibility index (Phi) is 8.41. The Labute approximate surface area is 146 Å². The number of hydrogen-bond donors (Lipinski definition) is 4. The molecule has 1 aromatic carbocycles. The third kappa shape index (κ3) is 8.22. The molecule has 130 valence electrons. The van der Waals surface area contributed by atoms with Crippen LogP contribution >= 0.6 is 15.9 Å². The summed E-state index contributed by atoms with van der Waals surface area (Å²) in [5, 5.41) is 21.6. The Balaban J connectivity index is 2.29. The minimum absolute atomic E-state index is 0.174. The zero-order chi connectivity index (χ0) is 17.9. The molecule has 4 N–H and O–H groups in total. The average molecular weight is 400 g/mol. The van der Waals surface area contributed by atoms with Gasteiger partial charge in [-0.25, -0.2) is 10.1 Å². The van der Waals surface area contributed by atoms with Crippen molar-refractivity contribution in [3.63, 3.8) is 0 Å². The molecule has 0 heterocycles. The number of hydrazine groups is 1. The zero-order valence-electron chi connectivity index (χ0n) is 12.8. The molecule has 1 rings (SSSR count). The van der Waals surface area contributed by atoms with E-state index in [-0.39, 0.29) is 18.9 Å². The molecule has 0 bridgehead atoms. The highest BCUT2D eigenvalue weighted by Gasteiger charge is 2.12. The van der Waals surface area contributed by atoms with Crippen LogP contribution in [0.4, 0.5) is 0 Å². The number of aldehydes is 1. The SMILES string of the molecule is N=C(NCCCC(C=O)NC(=O)Cc1ccc(Br)cc1)N[N+](=O)[O-]. The van der Waals surface area contributed by atoms with E-state index in [4.69, 9.17) is 5.41 Å². The number of halogens is 1. The summed E-state index contributed by atoms with van der Waals surface area (Å²) in [4.78, 5) is 33.0. The number of amides is 1. The molecule has 0 aliphatic carbocycles. The van der Waals surface area contributed by atoms with Gasteiger partial charge in [0.2, 0.25) is 5.91 Å². The molecular weight excluding hydrogens is 382 g/mol. The second-order valence-electron chi connectivity index (χ2n) is 4.93. The number of nitrogens with zero attached hydrogens (tertiary/aromatic N) is 1. The van der Waals surface area contributed by atoms with Gasteiger partial charge in [-0.3, -0.25) is 10.2 Å². The standard InChI is InChI=1S/C14H18BrN5O4/c15-11-5-3-10(4-6-11)8-13(22)18-12(9-21)2-1-7-17-14(16)19-20(23)24/h3-6,9,12H,1-2,7-8H2,(H,18,22)(H3,16,17,19). The summed E-state index contributed by atoms with van der Waals surface area (Å²) in [6.07, 6.45) is 1.66. The van der Waals surface area contributed by atoms with Gasteiger partial charge in [-0.05, 0) is 30.5 Å². The topological polar surface area (TPSA) is 137 Å². The monoisotopic (exact) mass is 399 g/mol. The maximum Gasteiger partial charge on any atom is 0.251 e. The highest BCUT2D eigenvalue weighted by atomic mass is 79.9. The average Bonchev–Trinajstić information content (AvgIpc) is 2.51. The van der Waals surface area contributed by atoms with Crippen molar-refractivity contribution in [2.24, 2.45) is 0 Å². The number of nitro groups is 1. The summed E-state index contributed by atoms with van der Waals surface area (Å²) in [7, 11) is 0. The van der Waals surface area contributed by atoms with E-state index >= 15 is 0 Å². The normalized spacial score (nSPS) is 11.2. The van der Waals surface area contributed by atoms with Gasteiger partial charge in [0.15, 0.2) is 5.03 Å². The van der Waals surface area contributed by atoms with E-state index in [0.717, 1.165) is 10.0 Å². The summed E-state index contributed by atoms with van der Waals surface area (Å²) in [5.74, 6) is -0.688. The van der Waals surface area contributed by atoms with Crippen LogP contribution in [0, 0.1) is 15.5 Å². The quantitative estimate of drug-likeness (QED) is 0.121. The number of benzene rings is 1. The Bertz CT molecular complexity index is 593. The molecule has 10 heteroatoms. The minimum Gasteiger partial charge on any atom is -0.352 e. The van der Waals surface area contributed by atoms with Crippen molar-refractivity contribution in [3.05, 3.63) is 44.4 Å². The van der Waals surface area contributed by atoms with Gasteiger partial charge in [0.25, 0.3) is 5.96 Å². The maximum atomic E-state index is 11.9. The van der Waals surface area contributed by atoms with Crippen molar-refractivity contribution in [3.8, 4) is 0 Å². The Morgan fingerprint density at radius 3 is 2.62 bits per heavy atom. The molecule has 0 aromatic heterocycles. The number of carbonyl (C=O) groups is 2. The van der Waals surface area contributed by atoms with Crippen molar-refractivity contribution in [1.82, 2.24) is 16.1 Å². The molecule has 0 radical (unpaired) electrons. The first kappa shape index (κ1) is 19.6. The Morgan fingerprint density at radius 2 is 2.04 bits per heavy atom. The molecule has 0 spiro atoms. The second kappa shape index (κ2) is 10.3. The van der Waals surface area contributed by atoms with Gasteiger partial charge in [-0.1, -0.05) is 33.5 Å². The van der Waals surface area contributed by atoms with Crippen molar-refractivity contribution in [2.45, 2.75) is 25.3 Å². The lowest BCUT2D eigenvalue weighted by Gasteiger charge is -2.13. The summed E-state index contributed by atoms with van der Waals surface area (Å²) in [5.41, 5.74) is 2.49. The Hall–Kier alpha value is -2.49. The van der Waals surface area contributed by atoms with E-state index < -0.39 is 17.0 Å². The maximum absolute atomic E-state index is 11.9. The van der Waals surface area contributed by atoms with E-state index in [1.54, 1.807) is 5.43 Å². The molecule has 1 unspecified atom stereocenters. The molecule has 1 amide bonds. The molecule has 0 fully saturated rings.